The molecule has 5 heterocycles. The van der Waals surface area contributed by atoms with Crippen LogP contribution in [0.5, 0.6) is 5.75 Å². The lowest BCUT2D eigenvalue weighted by atomic mass is 9.75. The molecule has 0 radical (unpaired) electrons. The van der Waals surface area contributed by atoms with Gasteiger partial charge in [0.05, 0.1) is 13.2 Å². The Morgan fingerprint density at radius 1 is 1.07 bits per heavy atom. The minimum absolute atomic E-state index is 0.183. The van der Waals surface area contributed by atoms with Crippen LogP contribution >= 0.6 is 0 Å². The van der Waals surface area contributed by atoms with E-state index in [1.54, 1.807) is 7.11 Å². The van der Waals surface area contributed by atoms with E-state index in [9.17, 15) is 4.79 Å². The van der Waals surface area contributed by atoms with E-state index in [2.05, 4.69) is 21.9 Å². The zero-order chi connectivity index (χ0) is 18.5. The molecule has 1 aromatic carbocycles. The highest BCUT2D eigenvalue weighted by molar-refractivity contribution is 5.93. The van der Waals surface area contributed by atoms with Gasteiger partial charge in [0.15, 0.2) is 0 Å². The van der Waals surface area contributed by atoms with Crippen LogP contribution < -0.4 is 4.74 Å². The van der Waals surface area contributed by atoms with Gasteiger partial charge in [-0.3, -0.25) is 9.69 Å². The standard InChI is InChI=1S/C22H27N3O2/c1-23-11-3-4-19(23)22(26)25-14-18(15-5-7-17(27-2)8-6-15)21-20(25)16-9-12-24(21)13-10-16/h3-8,11,16,18,20-21H,9-10,12-14H2,1-2H3/t18-,20+,21+/m1/s1. The molecule has 0 unspecified atom stereocenters. The molecular formula is C22H27N3O2. The first-order valence-electron chi connectivity index (χ1n) is 9.97. The second-order valence-corrected chi connectivity index (χ2v) is 8.20. The molecule has 4 aliphatic heterocycles. The predicted molar refractivity (Wildman–Crippen MR) is 104 cm³/mol. The number of fused-ring (bicyclic) bond motifs is 2. The highest BCUT2D eigenvalue weighted by Gasteiger charge is 2.54. The van der Waals surface area contributed by atoms with Crippen molar-refractivity contribution in [2.75, 3.05) is 26.7 Å². The summed E-state index contributed by atoms with van der Waals surface area (Å²) in [5.74, 6) is 2.07. The summed E-state index contributed by atoms with van der Waals surface area (Å²) in [5, 5.41) is 0. The van der Waals surface area contributed by atoms with Gasteiger partial charge in [0, 0.05) is 31.7 Å². The molecule has 0 saturated carbocycles. The summed E-state index contributed by atoms with van der Waals surface area (Å²) in [4.78, 5) is 18.2. The molecular weight excluding hydrogens is 338 g/mol. The minimum atomic E-state index is 0.183. The summed E-state index contributed by atoms with van der Waals surface area (Å²) < 4.78 is 7.28. The van der Waals surface area contributed by atoms with E-state index in [1.807, 2.05) is 42.1 Å². The van der Waals surface area contributed by atoms with Gasteiger partial charge in [-0.15, -0.1) is 0 Å². The monoisotopic (exact) mass is 365 g/mol. The van der Waals surface area contributed by atoms with Gasteiger partial charge in [-0.1, -0.05) is 12.1 Å². The summed E-state index contributed by atoms with van der Waals surface area (Å²) >= 11 is 0. The number of hydrogen-bond acceptors (Lipinski definition) is 3. The van der Waals surface area contributed by atoms with Crippen molar-refractivity contribution in [1.82, 2.24) is 14.4 Å². The van der Waals surface area contributed by atoms with Gasteiger partial charge in [-0.2, -0.15) is 0 Å². The van der Waals surface area contributed by atoms with Crippen molar-refractivity contribution in [3.63, 3.8) is 0 Å². The van der Waals surface area contributed by atoms with Crippen molar-refractivity contribution in [2.24, 2.45) is 13.0 Å². The lowest BCUT2D eigenvalue weighted by molar-refractivity contribution is -0.00368. The van der Waals surface area contributed by atoms with Crippen LogP contribution in [0.15, 0.2) is 42.6 Å². The van der Waals surface area contributed by atoms with Crippen molar-refractivity contribution in [3.05, 3.63) is 53.9 Å². The molecule has 5 heteroatoms. The second kappa shape index (κ2) is 6.41. The number of aromatic nitrogens is 1. The summed E-state index contributed by atoms with van der Waals surface area (Å²) in [5.41, 5.74) is 2.11. The van der Waals surface area contributed by atoms with Crippen LogP contribution in [0.4, 0.5) is 0 Å². The van der Waals surface area contributed by atoms with Crippen LogP contribution in [0.25, 0.3) is 0 Å². The first-order valence-corrected chi connectivity index (χ1v) is 9.97. The van der Waals surface area contributed by atoms with E-state index in [1.165, 1.54) is 31.5 Å². The Morgan fingerprint density at radius 2 is 1.81 bits per heavy atom. The predicted octanol–water partition coefficient (Wildman–Crippen LogP) is 2.74. The van der Waals surface area contributed by atoms with Gasteiger partial charge in [-0.05, 0) is 61.7 Å². The molecule has 6 rings (SSSR count). The average Bonchev–Trinajstić information content (AvgIpc) is 3.34. The number of nitrogens with zero attached hydrogens (tertiary/aromatic N) is 3. The number of benzene rings is 1. The van der Waals surface area contributed by atoms with E-state index >= 15 is 0 Å². The maximum Gasteiger partial charge on any atom is 0.270 e. The van der Waals surface area contributed by atoms with Crippen molar-refractivity contribution >= 4 is 5.91 Å². The van der Waals surface area contributed by atoms with Crippen molar-refractivity contribution in [3.8, 4) is 5.75 Å². The van der Waals surface area contributed by atoms with Gasteiger partial charge < -0.3 is 14.2 Å². The molecule has 1 amide bonds. The molecule has 2 bridgehead atoms. The van der Waals surface area contributed by atoms with Gasteiger partial charge in [0.2, 0.25) is 0 Å². The highest BCUT2D eigenvalue weighted by Crippen LogP contribution is 2.47. The van der Waals surface area contributed by atoms with Crippen LogP contribution in [0, 0.1) is 5.92 Å². The van der Waals surface area contributed by atoms with Gasteiger partial charge in [0.1, 0.15) is 11.4 Å². The molecule has 4 fully saturated rings. The van der Waals surface area contributed by atoms with Crippen LogP contribution in [0.1, 0.15) is 34.8 Å². The fraction of sp³-hybridized carbons (Fsp3) is 0.500. The normalized spacial score (nSPS) is 31.8. The minimum Gasteiger partial charge on any atom is -0.497 e. The lowest BCUT2D eigenvalue weighted by Crippen LogP contribution is -2.60. The number of carbonyl (C=O) groups excluding carboxylic acids is 1. The van der Waals surface area contributed by atoms with E-state index in [0.717, 1.165) is 18.0 Å². The molecule has 27 heavy (non-hydrogen) atoms. The number of rotatable bonds is 3. The SMILES string of the molecule is COc1ccc([C@H]2CN(C(=O)c3cccn3C)[C@H]3C4CCN(CC4)[C@@H]23)cc1. The fourth-order valence-electron chi connectivity index (χ4n) is 5.63. The molecule has 5 nitrogen and oxygen atoms in total. The first kappa shape index (κ1) is 16.9. The Balaban J connectivity index is 1.51. The first-order chi connectivity index (χ1) is 13.2. The topological polar surface area (TPSA) is 37.7 Å². The average molecular weight is 365 g/mol. The van der Waals surface area contributed by atoms with Gasteiger partial charge >= 0.3 is 0 Å². The molecule has 0 spiro atoms. The molecule has 3 atom stereocenters. The van der Waals surface area contributed by atoms with Gasteiger partial charge in [-0.25, -0.2) is 0 Å². The molecule has 4 saturated heterocycles. The van der Waals surface area contributed by atoms with E-state index in [-0.39, 0.29) is 5.91 Å². The van der Waals surface area contributed by atoms with E-state index < -0.39 is 0 Å². The Morgan fingerprint density at radius 3 is 2.44 bits per heavy atom. The third-order valence-corrected chi connectivity index (χ3v) is 6.96. The molecule has 2 aromatic rings. The Bertz CT molecular complexity index is 835. The largest absolute Gasteiger partial charge is 0.497 e. The Kier molecular flexibility index (Phi) is 4.01. The van der Waals surface area contributed by atoms with Crippen LogP contribution in [-0.2, 0) is 7.05 Å². The number of carbonyl (C=O) groups is 1. The summed E-state index contributed by atoms with van der Waals surface area (Å²) in [6.45, 7) is 3.15. The van der Waals surface area contributed by atoms with Crippen LogP contribution in [0.2, 0.25) is 0 Å². The maximum atomic E-state index is 13.4. The molecule has 0 N–H and O–H groups in total. The summed E-state index contributed by atoms with van der Waals surface area (Å²) in [6, 6.07) is 13.1. The third kappa shape index (κ3) is 2.59. The summed E-state index contributed by atoms with van der Waals surface area (Å²) in [6.07, 6.45) is 4.39. The Labute approximate surface area is 160 Å². The van der Waals surface area contributed by atoms with Crippen molar-refractivity contribution in [2.45, 2.75) is 30.8 Å². The number of hydrogen-bond donors (Lipinski definition) is 0. The Hall–Kier alpha value is -2.27. The lowest BCUT2D eigenvalue weighted by Gasteiger charge is -2.51. The number of methoxy groups -OCH3 is 1. The molecule has 1 aromatic heterocycles. The zero-order valence-electron chi connectivity index (χ0n) is 16.0. The van der Waals surface area contributed by atoms with Crippen LogP contribution in [-0.4, -0.2) is 59.1 Å². The molecule has 142 valence electrons. The van der Waals surface area contributed by atoms with Crippen molar-refractivity contribution in [1.29, 1.82) is 0 Å². The molecule has 0 aliphatic carbocycles. The van der Waals surface area contributed by atoms with E-state index in [0.29, 0.717) is 23.9 Å². The number of amides is 1. The quantitative estimate of drug-likeness (QED) is 0.839. The summed E-state index contributed by atoms with van der Waals surface area (Å²) in [7, 11) is 3.66. The van der Waals surface area contributed by atoms with Crippen molar-refractivity contribution < 1.29 is 9.53 Å². The van der Waals surface area contributed by atoms with Gasteiger partial charge in [0.25, 0.3) is 5.91 Å². The smallest absolute Gasteiger partial charge is 0.270 e. The maximum absolute atomic E-state index is 13.4. The van der Waals surface area contributed by atoms with E-state index in [4.69, 9.17) is 4.74 Å². The fourth-order valence-corrected chi connectivity index (χ4v) is 5.63. The zero-order valence-corrected chi connectivity index (χ0v) is 16.0. The molecule has 4 aliphatic rings. The number of likely N-dealkylation sites (tertiary alicyclic amines) is 1. The third-order valence-electron chi connectivity index (χ3n) is 6.96. The second-order valence-electron chi connectivity index (χ2n) is 8.20. The number of aryl methyl sites for hydroxylation is 1. The highest BCUT2D eigenvalue weighted by atomic mass is 16.5. The number of ether oxygens (including phenoxy) is 1. The van der Waals surface area contributed by atoms with Crippen LogP contribution in [0.3, 0.4) is 0 Å². The number of piperidine rings is 3.